The van der Waals surface area contributed by atoms with Crippen LogP contribution in [0.15, 0.2) is 23.3 Å². The van der Waals surface area contributed by atoms with Crippen LogP contribution >= 0.6 is 0 Å². The first kappa shape index (κ1) is 10.5. The van der Waals surface area contributed by atoms with E-state index < -0.39 is 0 Å². The van der Waals surface area contributed by atoms with Gasteiger partial charge in [0, 0.05) is 23.7 Å². The summed E-state index contributed by atoms with van der Waals surface area (Å²) < 4.78 is 0. The first-order valence-electron chi connectivity index (χ1n) is 5.08. The summed E-state index contributed by atoms with van der Waals surface area (Å²) in [6, 6.07) is 1.81. The number of aromatic nitrogens is 3. The molecule has 4 heteroatoms. The lowest BCUT2D eigenvalue weighted by Gasteiger charge is -2.05. The van der Waals surface area contributed by atoms with E-state index in [1.807, 2.05) is 26.8 Å². The maximum absolute atomic E-state index is 11.8. The van der Waals surface area contributed by atoms with Crippen molar-refractivity contribution in [2.75, 3.05) is 0 Å². The molecule has 1 N–H and O–H groups in total. The second-order valence-corrected chi connectivity index (χ2v) is 3.82. The number of pyridine rings is 1. The van der Waals surface area contributed by atoms with Crippen LogP contribution in [0.2, 0.25) is 0 Å². The Bertz CT molecular complexity index is 587. The Balaban J connectivity index is 2.70. The summed E-state index contributed by atoms with van der Waals surface area (Å²) in [6.45, 7) is 5.64. The predicted molar refractivity (Wildman–Crippen MR) is 62.3 cm³/mol. The highest BCUT2D eigenvalue weighted by molar-refractivity contribution is 5.61. The molecule has 2 aromatic heterocycles. The van der Waals surface area contributed by atoms with Gasteiger partial charge in [0.05, 0.1) is 5.69 Å². The van der Waals surface area contributed by atoms with Crippen molar-refractivity contribution in [1.29, 1.82) is 0 Å². The molecule has 0 radical (unpaired) electrons. The van der Waals surface area contributed by atoms with Gasteiger partial charge in [-0.15, -0.1) is 0 Å². The van der Waals surface area contributed by atoms with Crippen LogP contribution in [0, 0.1) is 20.8 Å². The van der Waals surface area contributed by atoms with Crippen molar-refractivity contribution >= 4 is 0 Å². The molecular weight excluding hydrogens is 202 g/mol. The molecule has 0 amide bonds. The molecule has 0 bridgehead atoms. The Morgan fingerprint density at radius 1 is 1.25 bits per heavy atom. The average molecular weight is 215 g/mol. The minimum atomic E-state index is -0.155. The Kier molecular flexibility index (Phi) is 2.56. The van der Waals surface area contributed by atoms with E-state index in [2.05, 4.69) is 15.0 Å². The quantitative estimate of drug-likeness (QED) is 0.788. The number of aryl methyl sites for hydroxylation is 3. The summed E-state index contributed by atoms with van der Waals surface area (Å²) in [4.78, 5) is 22.9. The summed E-state index contributed by atoms with van der Waals surface area (Å²) in [7, 11) is 0. The topological polar surface area (TPSA) is 58.6 Å². The zero-order chi connectivity index (χ0) is 11.7. The molecule has 0 atom stereocenters. The van der Waals surface area contributed by atoms with Gasteiger partial charge in [0.25, 0.3) is 5.56 Å². The first-order chi connectivity index (χ1) is 7.59. The zero-order valence-electron chi connectivity index (χ0n) is 9.53. The molecule has 0 saturated carbocycles. The van der Waals surface area contributed by atoms with Crippen LogP contribution in [-0.4, -0.2) is 15.0 Å². The van der Waals surface area contributed by atoms with E-state index in [0.717, 1.165) is 22.5 Å². The van der Waals surface area contributed by atoms with E-state index in [9.17, 15) is 4.79 Å². The van der Waals surface area contributed by atoms with E-state index in [4.69, 9.17) is 0 Å². The summed E-state index contributed by atoms with van der Waals surface area (Å²) in [6.07, 6.45) is 3.39. The third kappa shape index (κ3) is 1.74. The summed E-state index contributed by atoms with van der Waals surface area (Å²) in [5.74, 6) is 0. The number of hydrogen-bond donors (Lipinski definition) is 1. The van der Waals surface area contributed by atoms with E-state index in [-0.39, 0.29) is 5.56 Å². The highest BCUT2D eigenvalue weighted by Crippen LogP contribution is 2.16. The number of aromatic amines is 1. The SMILES string of the molecule is Cc1cnccc1-c1nc(C)c(C)[nH]c1=O. The van der Waals surface area contributed by atoms with E-state index >= 15 is 0 Å². The molecule has 0 aliphatic carbocycles. The van der Waals surface area contributed by atoms with Crippen LogP contribution < -0.4 is 5.56 Å². The van der Waals surface area contributed by atoms with E-state index in [0.29, 0.717) is 5.69 Å². The van der Waals surface area contributed by atoms with Crippen molar-refractivity contribution in [3.63, 3.8) is 0 Å². The lowest BCUT2D eigenvalue weighted by molar-refractivity contribution is 1.01. The third-order valence-corrected chi connectivity index (χ3v) is 2.61. The third-order valence-electron chi connectivity index (χ3n) is 2.61. The number of H-pyrrole nitrogens is 1. The molecule has 16 heavy (non-hydrogen) atoms. The van der Waals surface area contributed by atoms with Crippen molar-refractivity contribution in [3.05, 3.63) is 45.8 Å². The molecule has 4 nitrogen and oxygen atoms in total. The van der Waals surface area contributed by atoms with E-state index in [1.54, 1.807) is 12.4 Å². The van der Waals surface area contributed by atoms with Gasteiger partial charge in [-0.05, 0) is 32.4 Å². The summed E-state index contributed by atoms with van der Waals surface area (Å²) in [5.41, 5.74) is 3.73. The average Bonchev–Trinajstić information content (AvgIpc) is 2.25. The molecule has 2 rings (SSSR count). The van der Waals surface area contributed by atoms with Gasteiger partial charge in [0.15, 0.2) is 0 Å². The van der Waals surface area contributed by atoms with Gasteiger partial charge in [-0.2, -0.15) is 0 Å². The number of nitrogens with zero attached hydrogens (tertiary/aromatic N) is 2. The van der Waals surface area contributed by atoms with Crippen molar-refractivity contribution in [2.24, 2.45) is 0 Å². The van der Waals surface area contributed by atoms with Crippen molar-refractivity contribution in [3.8, 4) is 11.3 Å². The fraction of sp³-hybridized carbons (Fsp3) is 0.250. The minimum absolute atomic E-state index is 0.155. The molecule has 0 fully saturated rings. The largest absolute Gasteiger partial charge is 0.323 e. The lowest BCUT2D eigenvalue weighted by Crippen LogP contribution is -2.14. The normalized spacial score (nSPS) is 10.4. The standard InChI is InChI=1S/C12H13N3O/c1-7-6-13-5-4-10(7)11-12(16)15-9(3)8(2)14-11/h4-6H,1-3H3,(H,15,16). The Morgan fingerprint density at radius 3 is 2.69 bits per heavy atom. The highest BCUT2D eigenvalue weighted by atomic mass is 16.1. The monoisotopic (exact) mass is 215 g/mol. The second kappa shape index (κ2) is 3.89. The smallest absolute Gasteiger partial charge is 0.274 e. The van der Waals surface area contributed by atoms with Gasteiger partial charge in [-0.1, -0.05) is 0 Å². The highest BCUT2D eigenvalue weighted by Gasteiger charge is 2.09. The molecular formula is C12H13N3O. The zero-order valence-corrected chi connectivity index (χ0v) is 9.53. The van der Waals surface area contributed by atoms with Crippen molar-refractivity contribution in [2.45, 2.75) is 20.8 Å². The summed E-state index contributed by atoms with van der Waals surface area (Å²) in [5, 5.41) is 0. The maximum Gasteiger partial charge on any atom is 0.274 e. The number of hydrogen-bond acceptors (Lipinski definition) is 3. The Labute approximate surface area is 93.4 Å². The van der Waals surface area contributed by atoms with Gasteiger partial charge >= 0.3 is 0 Å². The molecule has 2 aromatic rings. The van der Waals surface area contributed by atoms with Crippen molar-refractivity contribution < 1.29 is 0 Å². The number of nitrogens with one attached hydrogen (secondary N) is 1. The first-order valence-corrected chi connectivity index (χ1v) is 5.08. The molecule has 0 unspecified atom stereocenters. The molecule has 0 spiro atoms. The minimum Gasteiger partial charge on any atom is -0.323 e. The fourth-order valence-electron chi connectivity index (χ4n) is 1.54. The molecule has 82 valence electrons. The van der Waals surface area contributed by atoms with Gasteiger partial charge in [0.2, 0.25) is 0 Å². The Hall–Kier alpha value is -1.97. The van der Waals surface area contributed by atoms with E-state index in [1.165, 1.54) is 0 Å². The Morgan fingerprint density at radius 2 is 2.00 bits per heavy atom. The summed E-state index contributed by atoms with van der Waals surface area (Å²) >= 11 is 0. The van der Waals surface area contributed by atoms with Gasteiger partial charge in [0.1, 0.15) is 5.69 Å². The van der Waals surface area contributed by atoms with Crippen LogP contribution in [0.3, 0.4) is 0 Å². The molecule has 2 heterocycles. The van der Waals surface area contributed by atoms with Crippen molar-refractivity contribution in [1.82, 2.24) is 15.0 Å². The predicted octanol–water partition coefficient (Wildman–Crippen LogP) is 1.76. The maximum atomic E-state index is 11.8. The van der Waals surface area contributed by atoms with Crippen LogP contribution in [0.4, 0.5) is 0 Å². The van der Waals surface area contributed by atoms with Gasteiger partial charge in [-0.25, -0.2) is 4.98 Å². The van der Waals surface area contributed by atoms with Gasteiger partial charge < -0.3 is 4.98 Å². The molecule has 0 aromatic carbocycles. The lowest BCUT2D eigenvalue weighted by atomic mass is 10.1. The van der Waals surface area contributed by atoms with Crippen LogP contribution in [0.25, 0.3) is 11.3 Å². The van der Waals surface area contributed by atoms with Crippen LogP contribution in [0.5, 0.6) is 0 Å². The molecule has 0 aliphatic rings. The van der Waals surface area contributed by atoms with Crippen LogP contribution in [-0.2, 0) is 0 Å². The second-order valence-electron chi connectivity index (χ2n) is 3.82. The van der Waals surface area contributed by atoms with Crippen LogP contribution in [0.1, 0.15) is 17.0 Å². The van der Waals surface area contributed by atoms with Gasteiger partial charge in [-0.3, -0.25) is 9.78 Å². The number of rotatable bonds is 1. The molecule has 0 aliphatic heterocycles. The fourth-order valence-corrected chi connectivity index (χ4v) is 1.54. The molecule has 0 saturated heterocycles.